The molecule has 3 heteroatoms. The van der Waals surface area contributed by atoms with E-state index in [2.05, 4.69) is 65.5 Å². The fourth-order valence-corrected chi connectivity index (χ4v) is 3.07. The van der Waals surface area contributed by atoms with Gasteiger partial charge >= 0.3 is 0 Å². The van der Waals surface area contributed by atoms with Gasteiger partial charge in [-0.15, -0.1) is 0 Å². The zero-order valence-electron chi connectivity index (χ0n) is 12.2. The van der Waals surface area contributed by atoms with Crippen LogP contribution in [-0.2, 0) is 13.6 Å². The molecule has 0 amide bonds. The van der Waals surface area contributed by atoms with Crippen molar-refractivity contribution in [2.24, 2.45) is 7.05 Å². The molecule has 0 saturated heterocycles. The summed E-state index contributed by atoms with van der Waals surface area (Å²) in [7, 11) is 2.09. The molecule has 1 aromatic heterocycles. The Balaban J connectivity index is 1.44. The molecule has 1 aliphatic rings. The highest BCUT2D eigenvalue weighted by Gasteiger charge is 2.37. The molecule has 0 bridgehead atoms. The fraction of sp³-hybridized carbons (Fsp3) is 0.278. The van der Waals surface area contributed by atoms with Crippen molar-refractivity contribution in [1.29, 1.82) is 0 Å². The van der Waals surface area contributed by atoms with Crippen LogP contribution in [0.5, 0.6) is 0 Å². The summed E-state index contributed by atoms with van der Waals surface area (Å²) in [5.41, 5.74) is 3.72. The molecule has 0 aliphatic heterocycles. The van der Waals surface area contributed by atoms with Crippen molar-refractivity contribution in [1.82, 2.24) is 14.9 Å². The number of para-hydroxylation sites is 2. The van der Waals surface area contributed by atoms with Gasteiger partial charge in [0, 0.05) is 19.0 Å². The van der Waals surface area contributed by atoms with Crippen LogP contribution in [-0.4, -0.2) is 15.6 Å². The van der Waals surface area contributed by atoms with Crippen LogP contribution in [0, 0.1) is 0 Å². The molecule has 1 aliphatic carbocycles. The average molecular weight is 277 g/mol. The number of nitrogens with one attached hydrogen (secondary N) is 1. The minimum Gasteiger partial charge on any atom is -0.330 e. The number of aromatic nitrogens is 2. The molecule has 4 rings (SSSR count). The summed E-state index contributed by atoms with van der Waals surface area (Å²) in [5.74, 6) is 1.77. The SMILES string of the molecule is Cn1c(CNC2CC2c2ccccc2)nc2ccccc21. The van der Waals surface area contributed by atoms with E-state index in [0.717, 1.165) is 17.9 Å². The first-order valence-corrected chi connectivity index (χ1v) is 7.51. The quantitative estimate of drug-likeness (QED) is 0.793. The van der Waals surface area contributed by atoms with Crippen LogP contribution in [0.25, 0.3) is 11.0 Å². The molecule has 1 saturated carbocycles. The summed E-state index contributed by atoms with van der Waals surface area (Å²) in [6.45, 7) is 0.833. The van der Waals surface area contributed by atoms with E-state index in [4.69, 9.17) is 4.98 Å². The normalized spacial score (nSPS) is 20.8. The Bertz CT molecular complexity index is 760. The first-order valence-electron chi connectivity index (χ1n) is 7.51. The van der Waals surface area contributed by atoms with Crippen LogP contribution in [0.2, 0.25) is 0 Å². The third-order valence-corrected chi connectivity index (χ3v) is 4.42. The van der Waals surface area contributed by atoms with Crippen LogP contribution >= 0.6 is 0 Å². The molecule has 106 valence electrons. The largest absolute Gasteiger partial charge is 0.330 e. The summed E-state index contributed by atoms with van der Waals surface area (Å²) < 4.78 is 2.18. The molecular formula is C18H19N3. The zero-order valence-corrected chi connectivity index (χ0v) is 12.2. The van der Waals surface area contributed by atoms with Crippen molar-refractivity contribution in [3.05, 3.63) is 66.0 Å². The number of rotatable bonds is 4. The molecule has 21 heavy (non-hydrogen) atoms. The summed E-state index contributed by atoms with van der Waals surface area (Å²) in [4.78, 5) is 4.71. The van der Waals surface area contributed by atoms with Gasteiger partial charge in [0.25, 0.3) is 0 Å². The van der Waals surface area contributed by atoms with Gasteiger partial charge in [-0.3, -0.25) is 0 Å². The maximum Gasteiger partial charge on any atom is 0.123 e. The summed E-state index contributed by atoms with van der Waals surface area (Å²) in [6, 6.07) is 19.7. The van der Waals surface area contributed by atoms with Gasteiger partial charge < -0.3 is 9.88 Å². The minimum absolute atomic E-state index is 0.590. The lowest BCUT2D eigenvalue weighted by Gasteiger charge is -2.05. The smallest absolute Gasteiger partial charge is 0.123 e. The van der Waals surface area contributed by atoms with Crippen molar-refractivity contribution in [2.75, 3.05) is 0 Å². The Morgan fingerprint density at radius 1 is 1.10 bits per heavy atom. The van der Waals surface area contributed by atoms with Gasteiger partial charge in [-0.2, -0.15) is 0 Å². The first kappa shape index (κ1) is 12.6. The Morgan fingerprint density at radius 3 is 2.67 bits per heavy atom. The fourth-order valence-electron chi connectivity index (χ4n) is 3.07. The van der Waals surface area contributed by atoms with Crippen LogP contribution in [0.4, 0.5) is 0 Å². The zero-order chi connectivity index (χ0) is 14.2. The predicted molar refractivity (Wildman–Crippen MR) is 85.1 cm³/mol. The predicted octanol–water partition coefficient (Wildman–Crippen LogP) is 3.22. The van der Waals surface area contributed by atoms with Crippen LogP contribution in [0.15, 0.2) is 54.6 Å². The average Bonchev–Trinajstić information content (AvgIpc) is 3.25. The molecule has 2 atom stereocenters. The van der Waals surface area contributed by atoms with E-state index in [1.165, 1.54) is 17.5 Å². The standard InChI is InChI=1S/C18H19N3/c1-21-17-10-6-5-9-15(17)20-18(21)12-19-16-11-14(16)13-7-3-2-4-8-13/h2-10,14,16,19H,11-12H2,1H3. The molecule has 0 radical (unpaired) electrons. The van der Waals surface area contributed by atoms with Crippen LogP contribution < -0.4 is 5.32 Å². The Kier molecular flexibility index (Phi) is 3.00. The Labute approximate surface area is 124 Å². The van der Waals surface area contributed by atoms with Crippen molar-refractivity contribution in [3.8, 4) is 0 Å². The maximum atomic E-state index is 4.71. The molecule has 1 fully saturated rings. The maximum absolute atomic E-state index is 4.71. The Morgan fingerprint density at radius 2 is 1.86 bits per heavy atom. The van der Waals surface area contributed by atoms with Crippen molar-refractivity contribution >= 4 is 11.0 Å². The number of benzene rings is 2. The lowest BCUT2D eigenvalue weighted by Crippen LogP contribution is -2.19. The minimum atomic E-state index is 0.590. The van der Waals surface area contributed by atoms with Gasteiger partial charge in [-0.25, -0.2) is 4.98 Å². The number of fused-ring (bicyclic) bond motifs is 1. The van der Waals surface area contributed by atoms with Gasteiger partial charge in [0.1, 0.15) is 5.82 Å². The third-order valence-electron chi connectivity index (χ3n) is 4.42. The van der Waals surface area contributed by atoms with Gasteiger partial charge in [0.2, 0.25) is 0 Å². The number of aryl methyl sites for hydroxylation is 1. The molecule has 2 aromatic carbocycles. The van der Waals surface area contributed by atoms with Crippen molar-refractivity contribution in [2.45, 2.75) is 24.9 Å². The lowest BCUT2D eigenvalue weighted by atomic mass is 10.1. The summed E-state index contributed by atoms with van der Waals surface area (Å²) in [5, 5.41) is 3.64. The lowest BCUT2D eigenvalue weighted by molar-refractivity contribution is 0.629. The Hall–Kier alpha value is -2.13. The monoisotopic (exact) mass is 277 g/mol. The second kappa shape index (κ2) is 5.01. The molecule has 1 heterocycles. The highest BCUT2D eigenvalue weighted by atomic mass is 15.1. The molecular weight excluding hydrogens is 258 g/mol. The van der Waals surface area contributed by atoms with E-state index in [9.17, 15) is 0 Å². The highest BCUT2D eigenvalue weighted by Crippen LogP contribution is 2.40. The first-order chi connectivity index (χ1) is 10.3. The van der Waals surface area contributed by atoms with E-state index < -0.39 is 0 Å². The molecule has 0 spiro atoms. The van der Waals surface area contributed by atoms with Crippen LogP contribution in [0.1, 0.15) is 23.7 Å². The van der Waals surface area contributed by atoms with E-state index in [-0.39, 0.29) is 0 Å². The second-order valence-corrected chi connectivity index (χ2v) is 5.82. The number of hydrogen-bond donors (Lipinski definition) is 1. The highest BCUT2D eigenvalue weighted by molar-refractivity contribution is 5.75. The van der Waals surface area contributed by atoms with E-state index in [0.29, 0.717) is 12.0 Å². The van der Waals surface area contributed by atoms with Crippen molar-refractivity contribution < 1.29 is 0 Å². The summed E-state index contributed by atoms with van der Waals surface area (Å²) in [6.07, 6.45) is 1.23. The van der Waals surface area contributed by atoms with E-state index in [1.807, 2.05) is 6.07 Å². The topological polar surface area (TPSA) is 29.9 Å². The number of imidazole rings is 1. The molecule has 3 nitrogen and oxygen atoms in total. The van der Waals surface area contributed by atoms with E-state index >= 15 is 0 Å². The third kappa shape index (κ3) is 2.34. The van der Waals surface area contributed by atoms with Gasteiger partial charge in [0.05, 0.1) is 17.6 Å². The number of hydrogen-bond acceptors (Lipinski definition) is 2. The number of nitrogens with zero attached hydrogens (tertiary/aromatic N) is 2. The van der Waals surface area contributed by atoms with Gasteiger partial charge in [-0.05, 0) is 24.1 Å². The van der Waals surface area contributed by atoms with E-state index in [1.54, 1.807) is 0 Å². The second-order valence-electron chi connectivity index (χ2n) is 5.82. The van der Waals surface area contributed by atoms with Crippen LogP contribution in [0.3, 0.4) is 0 Å². The molecule has 1 N–H and O–H groups in total. The van der Waals surface area contributed by atoms with Gasteiger partial charge in [-0.1, -0.05) is 42.5 Å². The molecule has 2 unspecified atom stereocenters. The van der Waals surface area contributed by atoms with Crippen molar-refractivity contribution in [3.63, 3.8) is 0 Å². The summed E-state index contributed by atoms with van der Waals surface area (Å²) >= 11 is 0. The van der Waals surface area contributed by atoms with Gasteiger partial charge in [0.15, 0.2) is 0 Å². The molecule has 3 aromatic rings.